The molecule has 1 heterocycles. The number of carbonyl (C=O) groups is 2. The normalized spacial score (nSPS) is 14.6. The van der Waals surface area contributed by atoms with Gasteiger partial charge < -0.3 is 25.0 Å². The van der Waals surface area contributed by atoms with Crippen LogP contribution in [0.25, 0.3) is 0 Å². The Kier molecular flexibility index (Phi) is 6.71. The molecule has 3 rings (SSSR count). The minimum Gasteiger partial charge on any atom is -0.494 e. The lowest BCUT2D eigenvalue weighted by Gasteiger charge is -2.21. The van der Waals surface area contributed by atoms with Crippen LogP contribution >= 0.6 is 0 Å². The van der Waals surface area contributed by atoms with E-state index in [9.17, 15) is 18.4 Å². The second-order valence-electron chi connectivity index (χ2n) is 6.77. The summed E-state index contributed by atoms with van der Waals surface area (Å²) < 4.78 is 34.9. The molecule has 2 amide bonds. The monoisotopic (exact) mass is 419 g/mol. The number of anilines is 3. The molecule has 1 unspecified atom stereocenters. The Morgan fingerprint density at radius 3 is 2.60 bits per heavy atom. The fraction of sp³-hybridized carbons (Fsp3) is 0.333. The van der Waals surface area contributed by atoms with Crippen LogP contribution in [0.5, 0.6) is 11.5 Å². The molecule has 7 nitrogen and oxygen atoms in total. The van der Waals surface area contributed by atoms with E-state index in [-0.39, 0.29) is 17.3 Å². The smallest absolute Gasteiger partial charge is 0.387 e. The van der Waals surface area contributed by atoms with Gasteiger partial charge in [0.1, 0.15) is 17.5 Å². The van der Waals surface area contributed by atoms with E-state index in [0.717, 1.165) is 6.42 Å². The molecule has 1 aliphatic rings. The zero-order chi connectivity index (χ0) is 21.7. The van der Waals surface area contributed by atoms with Crippen LogP contribution in [0.2, 0.25) is 0 Å². The molecule has 0 aromatic heterocycles. The molecule has 2 aromatic carbocycles. The zero-order valence-corrected chi connectivity index (χ0v) is 16.7. The number of benzene rings is 2. The molecule has 0 aliphatic carbocycles. The van der Waals surface area contributed by atoms with Crippen molar-refractivity contribution in [2.24, 2.45) is 0 Å². The Morgan fingerprint density at radius 2 is 1.93 bits per heavy atom. The number of halogens is 2. The summed E-state index contributed by atoms with van der Waals surface area (Å²) in [4.78, 5) is 26.2. The first-order valence-corrected chi connectivity index (χ1v) is 9.48. The Balaban J connectivity index is 1.69. The van der Waals surface area contributed by atoms with Gasteiger partial charge in [0.2, 0.25) is 11.8 Å². The molecule has 9 heteroatoms. The summed E-state index contributed by atoms with van der Waals surface area (Å²) in [5.74, 6) is 0.0115. The number of methoxy groups -OCH3 is 1. The molecule has 160 valence electrons. The van der Waals surface area contributed by atoms with Gasteiger partial charge in [-0.15, -0.1) is 0 Å². The molecular formula is C21H23F2N3O4. The summed E-state index contributed by atoms with van der Waals surface area (Å²) in [5.41, 5.74) is 1.44. The number of hydrogen-bond donors (Lipinski definition) is 2. The highest BCUT2D eigenvalue weighted by atomic mass is 19.3. The predicted octanol–water partition coefficient (Wildman–Crippen LogP) is 3.86. The average Bonchev–Trinajstić information content (AvgIpc) is 3.14. The summed E-state index contributed by atoms with van der Waals surface area (Å²) >= 11 is 0. The van der Waals surface area contributed by atoms with Crippen molar-refractivity contribution in [3.05, 3.63) is 42.5 Å². The molecule has 2 N–H and O–H groups in total. The van der Waals surface area contributed by atoms with Crippen molar-refractivity contribution >= 4 is 28.9 Å². The van der Waals surface area contributed by atoms with Gasteiger partial charge in [0.05, 0.1) is 18.5 Å². The standard InChI is InChI=1S/C21H23F2N3O4/c1-13(20(28)25-15-6-3-4-7-17(15)30-21(22)23)24-14-9-10-16(18(12-14)29-2)26-11-5-8-19(26)27/h3-4,6-7,9-10,12-13,21,24H,5,8,11H2,1-2H3,(H,25,28). The minimum absolute atomic E-state index is 0.0476. The average molecular weight is 419 g/mol. The maximum atomic E-state index is 12.5. The number of carbonyl (C=O) groups excluding carboxylic acids is 2. The number of hydrogen-bond acceptors (Lipinski definition) is 5. The number of nitrogens with one attached hydrogen (secondary N) is 2. The van der Waals surface area contributed by atoms with Gasteiger partial charge in [0.25, 0.3) is 0 Å². The predicted molar refractivity (Wildman–Crippen MR) is 109 cm³/mol. The summed E-state index contributed by atoms with van der Waals surface area (Å²) in [6.07, 6.45) is 1.31. The van der Waals surface area contributed by atoms with Crippen molar-refractivity contribution in [2.45, 2.75) is 32.4 Å². The SMILES string of the molecule is COc1cc(NC(C)C(=O)Nc2ccccc2OC(F)F)ccc1N1CCCC1=O. The van der Waals surface area contributed by atoms with Gasteiger partial charge in [-0.05, 0) is 37.6 Å². The Hall–Kier alpha value is -3.36. The molecule has 2 aromatic rings. The van der Waals surface area contributed by atoms with Crippen LogP contribution in [0.3, 0.4) is 0 Å². The summed E-state index contributed by atoms with van der Waals surface area (Å²) in [6.45, 7) is -0.718. The Bertz CT molecular complexity index is 923. The maximum Gasteiger partial charge on any atom is 0.387 e. The van der Waals surface area contributed by atoms with Crippen molar-refractivity contribution in [3.8, 4) is 11.5 Å². The quantitative estimate of drug-likeness (QED) is 0.679. The van der Waals surface area contributed by atoms with Crippen LogP contribution in [0, 0.1) is 0 Å². The van der Waals surface area contributed by atoms with E-state index in [4.69, 9.17) is 4.74 Å². The first-order chi connectivity index (χ1) is 14.4. The number of alkyl halides is 2. The third-order valence-corrected chi connectivity index (χ3v) is 4.68. The van der Waals surface area contributed by atoms with Crippen molar-refractivity contribution in [3.63, 3.8) is 0 Å². The highest BCUT2D eigenvalue weighted by molar-refractivity contribution is 5.98. The van der Waals surface area contributed by atoms with Crippen molar-refractivity contribution in [2.75, 3.05) is 29.2 Å². The number of para-hydroxylation sites is 2. The first kappa shape index (κ1) is 21.4. The van der Waals surface area contributed by atoms with Crippen LogP contribution < -0.4 is 25.0 Å². The molecule has 0 bridgehead atoms. The van der Waals surface area contributed by atoms with Gasteiger partial charge in [-0.3, -0.25) is 9.59 Å². The molecule has 1 aliphatic heterocycles. The Labute approximate surface area is 173 Å². The van der Waals surface area contributed by atoms with Crippen molar-refractivity contribution in [1.29, 1.82) is 0 Å². The van der Waals surface area contributed by atoms with Crippen LogP contribution in [-0.2, 0) is 9.59 Å². The van der Waals surface area contributed by atoms with Gasteiger partial charge >= 0.3 is 6.61 Å². The summed E-state index contributed by atoms with van der Waals surface area (Å²) in [6, 6.07) is 10.5. The lowest BCUT2D eigenvalue weighted by atomic mass is 10.2. The van der Waals surface area contributed by atoms with E-state index in [1.165, 1.54) is 25.3 Å². The van der Waals surface area contributed by atoms with Crippen molar-refractivity contribution in [1.82, 2.24) is 0 Å². The lowest BCUT2D eigenvalue weighted by molar-refractivity contribution is -0.117. The maximum absolute atomic E-state index is 12.5. The van der Waals surface area contributed by atoms with Crippen molar-refractivity contribution < 1.29 is 27.8 Å². The van der Waals surface area contributed by atoms with Gasteiger partial charge in [0, 0.05) is 24.7 Å². The third kappa shape index (κ3) is 4.97. The number of amides is 2. The van der Waals surface area contributed by atoms with Crippen LogP contribution in [0.4, 0.5) is 25.8 Å². The minimum atomic E-state index is -2.99. The molecule has 0 spiro atoms. The fourth-order valence-corrected chi connectivity index (χ4v) is 3.22. The van der Waals surface area contributed by atoms with E-state index in [1.54, 1.807) is 36.1 Å². The summed E-state index contributed by atoms with van der Waals surface area (Å²) in [5, 5.41) is 5.62. The zero-order valence-electron chi connectivity index (χ0n) is 16.7. The van der Waals surface area contributed by atoms with Gasteiger partial charge in [-0.2, -0.15) is 8.78 Å². The molecule has 30 heavy (non-hydrogen) atoms. The summed E-state index contributed by atoms with van der Waals surface area (Å²) in [7, 11) is 1.51. The number of nitrogens with zero attached hydrogens (tertiary/aromatic N) is 1. The fourth-order valence-electron chi connectivity index (χ4n) is 3.22. The van der Waals surface area contributed by atoms with E-state index in [1.807, 2.05) is 0 Å². The molecular weight excluding hydrogens is 396 g/mol. The second kappa shape index (κ2) is 9.43. The Morgan fingerprint density at radius 1 is 1.17 bits per heavy atom. The highest BCUT2D eigenvalue weighted by Crippen LogP contribution is 2.34. The largest absolute Gasteiger partial charge is 0.494 e. The second-order valence-corrected chi connectivity index (χ2v) is 6.77. The van der Waals surface area contributed by atoms with E-state index in [2.05, 4.69) is 15.4 Å². The van der Waals surface area contributed by atoms with Crippen LogP contribution in [0.1, 0.15) is 19.8 Å². The highest BCUT2D eigenvalue weighted by Gasteiger charge is 2.25. The van der Waals surface area contributed by atoms with Crippen LogP contribution in [-0.4, -0.2) is 38.1 Å². The molecule has 0 radical (unpaired) electrons. The van der Waals surface area contributed by atoms with Crippen LogP contribution in [0.15, 0.2) is 42.5 Å². The van der Waals surface area contributed by atoms with Gasteiger partial charge in [0.15, 0.2) is 0 Å². The first-order valence-electron chi connectivity index (χ1n) is 9.48. The van der Waals surface area contributed by atoms with Gasteiger partial charge in [-0.25, -0.2) is 0 Å². The molecule has 1 fully saturated rings. The van der Waals surface area contributed by atoms with E-state index in [0.29, 0.717) is 30.1 Å². The van der Waals surface area contributed by atoms with Gasteiger partial charge in [-0.1, -0.05) is 12.1 Å². The van der Waals surface area contributed by atoms with E-state index < -0.39 is 18.6 Å². The topological polar surface area (TPSA) is 79.9 Å². The number of rotatable bonds is 8. The van der Waals surface area contributed by atoms with E-state index >= 15 is 0 Å². The lowest BCUT2D eigenvalue weighted by Crippen LogP contribution is -2.32. The molecule has 1 atom stereocenters. The number of ether oxygens (including phenoxy) is 2. The molecule has 1 saturated heterocycles. The molecule has 0 saturated carbocycles. The third-order valence-electron chi connectivity index (χ3n) is 4.68.